The van der Waals surface area contributed by atoms with Crippen LogP contribution in [0.15, 0.2) is 30.3 Å². The van der Waals surface area contributed by atoms with Crippen molar-refractivity contribution in [3.63, 3.8) is 0 Å². The average molecular weight is 398 g/mol. The van der Waals surface area contributed by atoms with Gasteiger partial charge in [-0.15, -0.1) is 0 Å². The Hall–Kier alpha value is -0.170. The summed E-state index contributed by atoms with van der Waals surface area (Å²) in [6.07, 6.45) is 1.77. The van der Waals surface area contributed by atoms with E-state index in [1.165, 1.54) is 12.0 Å². The number of ether oxygens (including phenoxy) is 3. The molecule has 5 rings (SSSR count). The summed E-state index contributed by atoms with van der Waals surface area (Å²) in [6.45, 7) is 1.46. The molecule has 2 aliphatic heterocycles. The monoisotopic (exact) mass is 398 g/mol. The van der Waals surface area contributed by atoms with E-state index < -0.39 is 0 Å². The van der Waals surface area contributed by atoms with Crippen molar-refractivity contribution in [1.82, 2.24) is 0 Å². The Morgan fingerprint density at radius 1 is 1.10 bits per heavy atom. The molecule has 0 radical (unpaired) electrons. The maximum atomic E-state index is 6.37. The van der Waals surface area contributed by atoms with Gasteiger partial charge in [-0.25, -0.2) is 0 Å². The number of hydrogen-bond acceptors (Lipinski definition) is 3. The third-order valence-electron chi connectivity index (χ3n) is 5.90. The fourth-order valence-corrected chi connectivity index (χ4v) is 6.59. The molecule has 1 aromatic carbocycles. The first kappa shape index (κ1) is 13.3. The lowest BCUT2D eigenvalue weighted by Gasteiger charge is -2.38. The number of benzene rings is 1. The Kier molecular flexibility index (Phi) is 3.11. The highest BCUT2D eigenvalue weighted by molar-refractivity contribution is 14.1. The fraction of sp³-hybridized carbons (Fsp3) is 0.647. The van der Waals surface area contributed by atoms with Gasteiger partial charge in [0, 0.05) is 9.84 Å². The molecule has 2 aliphatic carbocycles. The number of fused-ring (bicyclic) bond motifs is 2. The third kappa shape index (κ3) is 1.89. The molecule has 1 aromatic rings. The van der Waals surface area contributed by atoms with Gasteiger partial charge in [-0.1, -0.05) is 52.9 Å². The normalized spacial score (nSPS) is 49.8. The first-order valence-corrected chi connectivity index (χ1v) is 9.14. The minimum absolute atomic E-state index is 0.159. The summed E-state index contributed by atoms with van der Waals surface area (Å²) in [5.41, 5.74) is 1.19. The molecular formula is C17H19IO3. The van der Waals surface area contributed by atoms with Gasteiger partial charge >= 0.3 is 0 Å². The summed E-state index contributed by atoms with van der Waals surface area (Å²) in [7, 11) is 0. The molecular weight excluding hydrogens is 379 g/mol. The Morgan fingerprint density at radius 2 is 1.95 bits per heavy atom. The zero-order valence-electron chi connectivity index (χ0n) is 11.7. The van der Waals surface area contributed by atoms with Gasteiger partial charge in [-0.2, -0.15) is 0 Å². The Bertz CT molecular complexity index is 536. The molecule has 0 aromatic heterocycles. The summed E-state index contributed by atoms with van der Waals surface area (Å²) in [5, 5.41) is 0. The summed E-state index contributed by atoms with van der Waals surface area (Å²) in [5.74, 6) is 2.96. The Morgan fingerprint density at radius 3 is 2.81 bits per heavy atom. The summed E-state index contributed by atoms with van der Waals surface area (Å²) in [4.78, 5) is 0. The predicted molar refractivity (Wildman–Crippen MR) is 86.0 cm³/mol. The highest BCUT2D eigenvalue weighted by Crippen LogP contribution is 2.63. The van der Waals surface area contributed by atoms with Crippen LogP contribution in [-0.2, 0) is 20.8 Å². The molecule has 0 N–H and O–H groups in total. The van der Waals surface area contributed by atoms with Gasteiger partial charge < -0.3 is 14.2 Å². The molecule has 4 aliphatic rings. The van der Waals surface area contributed by atoms with Crippen LogP contribution in [-0.4, -0.2) is 29.0 Å². The summed E-state index contributed by atoms with van der Waals surface area (Å²) in [6, 6.07) is 10.3. The summed E-state index contributed by atoms with van der Waals surface area (Å²) >= 11 is 2.61. The number of halogens is 1. The van der Waals surface area contributed by atoms with E-state index in [1.807, 2.05) is 18.2 Å². The van der Waals surface area contributed by atoms with Crippen LogP contribution < -0.4 is 0 Å². The van der Waals surface area contributed by atoms with Gasteiger partial charge in [0.25, 0.3) is 0 Å². The third-order valence-corrected chi connectivity index (χ3v) is 7.53. The smallest absolute Gasteiger partial charge is 0.184 e. The number of alkyl halides is 1. The first-order chi connectivity index (χ1) is 10.3. The standard InChI is InChI=1S/C17H19IO3/c18-14-10-6-11-13-12(10)8-20-17(16(13)21-15(11)14)19-7-9-4-2-1-3-5-9/h1-5,10-17H,6-8H2/t10-,11+,12-,13+,14-,15+,16+,17+/m0/s1. The van der Waals surface area contributed by atoms with E-state index in [2.05, 4.69) is 34.7 Å². The fourth-order valence-electron chi connectivity index (χ4n) is 5.06. The molecule has 2 saturated heterocycles. The van der Waals surface area contributed by atoms with Crippen molar-refractivity contribution in [2.24, 2.45) is 23.7 Å². The van der Waals surface area contributed by atoms with Crippen molar-refractivity contribution >= 4 is 22.6 Å². The minimum atomic E-state index is -0.181. The molecule has 3 nitrogen and oxygen atoms in total. The predicted octanol–water partition coefficient (Wildman–Crippen LogP) is 3.01. The lowest BCUT2D eigenvalue weighted by Crippen LogP contribution is -2.47. The highest BCUT2D eigenvalue weighted by Gasteiger charge is 2.67. The average Bonchev–Trinajstić information content (AvgIpc) is 3.15. The molecule has 4 heteroatoms. The minimum Gasteiger partial charge on any atom is -0.368 e. The molecule has 0 spiro atoms. The van der Waals surface area contributed by atoms with E-state index in [1.54, 1.807) is 0 Å². The zero-order chi connectivity index (χ0) is 14.0. The lowest BCUT2D eigenvalue weighted by molar-refractivity contribution is -0.243. The second kappa shape index (κ2) is 4.91. The van der Waals surface area contributed by atoms with E-state index in [4.69, 9.17) is 14.2 Å². The van der Waals surface area contributed by atoms with Crippen molar-refractivity contribution in [3.8, 4) is 0 Å². The number of hydrogen-bond donors (Lipinski definition) is 0. The van der Waals surface area contributed by atoms with Crippen LogP contribution in [0, 0.1) is 23.7 Å². The van der Waals surface area contributed by atoms with Crippen molar-refractivity contribution in [2.75, 3.05) is 6.61 Å². The van der Waals surface area contributed by atoms with Crippen LogP contribution in [0.2, 0.25) is 0 Å². The van der Waals surface area contributed by atoms with Crippen LogP contribution in [0.5, 0.6) is 0 Å². The van der Waals surface area contributed by atoms with Crippen LogP contribution in [0.25, 0.3) is 0 Å². The van der Waals surface area contributed by atoms with E-state index in [0.29, 0.717) is 28.5 Å². The van der Waals surface area contributed by atoms with Gasteiger partial charge in [0.15, 0.2) is 6.29 Å². The maximum Gasteiger partial charge on any atom is 0.184 e. The second-order valence-electron chi connectivity index (χ2n) is 6.81. The molecule has 112 valence electrons. The van der Waals surface area contributed by atoms with E-state index in [9.17, 15) is 0 Å². The quantitative estimate of drug-likeness (QED) is 0.579. The van der Waals surface area contributed by atoms with Crippen molar-refractivity contribution in [2.45, 2.75) is 35.5 Å². The largest absolute Gasteiger partial charge is 0.368 e. The summed E-state index contributed by atoms with van der Waals surface area (Å²) < 4.78 is 19.1. The van der Waals surface area contributed by atoms with Gasteiger partial charge in [-0.3, -0.25) is 0 Å². The molecule has 4 fully saturated rings. The Balaban J connectivity index is 1.33. The highest BCUT2D eigenvalue weighted by atomic mass is 127. The second-order valence-corrected chi connectivity index (χ2v) is 8.25. The van der Waals surface area contributed by atoms with E-state index in [-0.39, 0.29) is 12.4 Å². The van der Waals surface area contributed by atoms with Crippen LogP contribution in [0.1, 0.15) is 12.0 Å². The molecule has 8 atom stereocenters. The molecule has 21 heavy (non-hydrogen) atoms. The SMILES string of the molecule is I[C@H]1[C@H]2C[C@H]3[C@H]1O[C@H]1[C@H](OCc4ccccc4)OC[C@@H]2[C@@H]31. The van der Waals surface area contributed by atoms with E-state index in [0.717, 1.165) is 18.4 Å². The van der Waals surface area contributed by atoms with Crippen LogP contribution in [0.3, 0.4) is 0 Å². The van der Waals surface area contributed by atoms with Gasteiger partial charge in [0.05, 0.1) is 19.3 Å². The Labute approximate surface area is 138 Å². The number of rotatable bonds is 3. The molecule has 2 heterocycles. The molecule has 2 bridgehead atoms. The van der Waals surface area contributed by atoms with Crippen molar-refractivity contribution in [3.05, 3.63) is 35.9 Å². The topological polar surface area (TPSA) is 27.7 Å². The van der Waals surface area contributed by atoms with E-state index >= 15 is 0 Å². The molecule has 0 unspecified atom stereocenters. The van der Waals surface area contributed by atoms with Crippen LogP contribution in [0.4, 0.5) is 0 Å². The van der Waals surface area contributed by atoms with Crippen molar-refractivity contribution < 1.29 is 14.2 Å². The van der Waals surface area contributed by atoms with Gasteiger partial charge in [-0.05, 0) is 29.7 Å². The maximum absolute atomic E-state index is 6.37. The molecule has 0 amide bonds. The van der Waals surface area contributed by atoms with Gasteiger partial charge in [0.1, 0.15) is 6.10 Å². The lowest BCUT2D eigenvalue weighted by atomic mass is 9.76. The molecule has 2 saturated carbocycles. The zero-order valence-corrected chi connectivity index (χ0v) is 13.9. The van der Waals surface area contributed by atoms with Crippen molar-refractivity contribution in [1.29, 1.82) is 0 Å². The first-order valence-electron chi connectivity index (χ1n) is 7.89. The van der Waals surface area contributed by atoms with Crippen LogP contribution >= 0.6 is 22.6 Å². The van der Waals surface area contributed by atoms with Gasteiger partial charge in [0.2, 0.25) is 0 Å².